The first-order valence-corrected chi connectivity index (χ1v) is 8.74. The smallest absolute Gasteiger partial charge is 0.400 e. The number of hydrogen-bond donors (Lipinski definition) is 0. The summed E-state index contributed by atoms with van der Waals surface area (Å²) in [5.41, 5.74) is 0.848. The normalized spacial score (nSPS) is 19.4. The number of rotatable bonds is 5. The average Bonchev–Trinajstić information content (AvgIpc) is 2.71. The topological polar surface area (TPSA) is 65.5 Å². The second-order valence-corrected chi connectivity index (χ2v) is 7.84. The van der Waals surface area contributed by atoms with Crippen LogP contribution in [0.3, 0.4) is 0 Å². The zero-order chi connectivity index (χ0) is 18.0. The van der Waals surface area contributed by atoms with Gasteiger partial charge in [-0.3, -0.25) is 14.6 Å². The highest BCUT2D eigenvalue weighted by atomic mass is 32.2. The van der Waals surface area contributed by atoms with E-state index >= 15 is 0 Å². The summed E-state index contributed by atoms with van der Waals surface area (Å²) in [6.45, 7) is 9.41. The molecule has 1 aromatic rings. The Morgan fingerprint density at radius 3 is 2.46 bits per heavy atom. The van der Waals surface area contributed by atoms with Gasteiger partial charge in [-0.15, -0.1) is 0 Å². The molecule has 1 fully saturated rings. The van der Waals surface area contributed by atoms with Gasteiger partial charge in [-0.2, -0.15) is 0 Å². The third kappa shape index (κ3) is 4.15. The van der Waals surface area contributed by atoms with Gasteiger partial charge in [-0.1, -0.05) is 11.8 Å². The Morgan fingerprint density at radius 1 is 1.29 bits per heavy atom. The predicted octanol–water partition coefficient (Wildman–Crippen LogP) is 3.19. The molecule has 1 saturated heterocycles. The Kier molecular flexibility index (Phi) is 5.68. The van der Waals surface area contributed by atoms with Crippen LogP contribution in [0.5, 0.6) is 0 Å². The Labute approximate surface area is 147 Å². The molecule has 5 nitrogen and oxygen atoms in total. The second-order valence-electron chi connectivity index (χ2n) is 6.68. The third-order valence-corrected chi connectivity index (χ3v) is 5.20. The summed E-state index contributed by atoms with van der Waals surface area (Å²) < 4.78 is 12.1. The lowest BCUT2D eigenvalue weighted by Gasteiger charge is -2.32. The number of aromatic nitrogens is 1. The van der Waals surface area contributed by atoms with Gasteiger partial charge in [0.2, 0.25) is 0 Å². The van der Waals surface area contributed by atoms with E-state index in [1.54, 1.807) is 24.4 Å². The number of carbonyl (C=O) groups is 2. The molecule has 0 unspecified atom stereocenters. The number of nitrogens with zero attached hydrogens (tertiary/aromatic N) is 1. The van der Waals surface area contributed by atoms with E-state index in [9.17, 15) is 9.59 Å². The van der Waals surface area contributed by atoms with E-state index in [1.165, 1.54) is 18.7 Å². The van der Waals surface area contributed by atoms with E-state index in [0.29, 0.717) is 17.0 Å². The number of aldehydes is 1. The van der Waals surface area contributed by atoms with Gasteiger partial charge in [-0.25, -0.2) is 0 Å². The van der Waals surface area contributed by atoms with Gasteiger partial charge in [0.25, 0.3) is 0 Å². The van der Waals surface area contributed by atoms with Crippen molar-refractivity contribution in [2.24, 2.45) is 0 Å². The molecular formula is C17H22BNO4S. The molecule has 1 aliphatic heterocycles. The van der Waals surface area contributed by atoms with Crippen molar-refractivity contribution in [2.75, 3.05) is 5.75 Å². The minimum atomic E-state index is -0.580. The first kappa shape index (κ1) is 18.9. The molecule has 0 saturated carbocycles. The lowest BCUT2D eigenvalue weighted by Crippen LogP contribution is -2.41. The van der Waals surface area contributed by atoms with E-state index in [0.717, 1.165) is 11.8 Å². The minimum absolute atomic E-state index is 0.00838. The number of pyridine rings is 1. The fourth-order valence-corrected chi connectivity index (χ4v) is 2.77. The van der Waals surface area contributed by atoms with Crippen molar-refractivity contribution in [2.45, 2.75) is 45.8 Å². The van der Waals surface area contributed by atoms with Gasteiger partial charge in [0.1, 0.15) is 0 Å². The Bertz CT molecular complexity index is 656. The molecule has 7 heteroatoms. The molecular weight excluding hydrogens is 325 g/mol. The van der Waals surface area contributed by atoms with Crippen LogP contribution in [0.4, 0.5) is 0 Å². The van der Waals surface area contributed by atoms with Crippen LogP contribution >= 0.6 is 11.8 Å². The fraction of sp³-hybridized carbons (Fsp3) is 0.471. The molecule has 2 heterocycles. The number of thioether (sulfide) groups is 1. The van der Waals surface area contributed by atoms with Gasteiger partial charge < -0.3 is 9.31 Å². The van der Waals surface area contributed by atoms with Gasteiger partial charge in [-0.05, 0) is 51.4 Å². The van der Waals surface area contributed by atoms with Crippen LogP contribution in [0.25, 0.3) is 6.08 Å². The van der Waals surface area contributed by atoms with Crippen molar-refractivity contribution in [1.29, 1.82) is 0 Å². The lowest BCUT2D eigenvalue weighted by molar-refractivity contribution is -0.109. The van der Waals surface area contributed by atoms with Crippen molar-refractivity contribution in [1.82, 2.24) is 4.98 Å². The van der Waals surface area contributed by atoms with E-state index < -0.39 is 18.3 Å². The van der Waals surface area contributed by atoms with Gasteiger partial charge in [0, 0.05) is 24.4 Å². The molecule has 0 spiro atoms. The van der Waals surface area contributed by atoms with Crippen LogP contribution < -0.4 is 0 Å². The molecule has 0 amide bonds. The van der Waals surface area contributed by atoms with Crippen LogP contribution in [0.15, 0.2) is 23.8 Å². The highest BCUT2D eigenvalue weighted by Gasteiger charge is 2.52. The van der Waals surface area contributed by atoms with Crippen LogP contribution in [0.1, 0.15) is 50.7 Å². The molecule has 24 heavy (non-hydrogen) atoms. The molecule has 1 aliphatic rings. The minimum Gasteiger partial charge on any atom is -0.400 e. The van der Waals surface area contributed by atoms with Crippen LogP contribution in [-0.2, 0) is 14.1 Å². The molecule has 0 bridgehead atoms. The quantitative estimate of drug-likeness (QED) is 0.602. The summed E-state index contributed by atoms with van der Waals surface area (Å²) in [6, 6.07) is 3.41. The molecule has 2 rings (SSSR count). The molecule has 0 aromatic carbocycles. The summed E-state index contributed by atoms with van der Waals surface area (Å²) in [7, 11) is -0.580. The van der Waals surface area contributed by atoms with E-state index in [-0.39, 0.29) is 5.12 Å². The lowest BCUT2D eigenvalue weighted by atomic mass is 9.78. The number of carbonyl (C=O) groups excluding carboxylic acids is 2. The van der Waals surface area contributed by atoms with E-state index in [1.807, 2.05) is 27.7 Å². The number of hydrogen-bond acceptors (Lipinski definition) is 6. The molecule has 0 N–H and O–H groups in total. The molecule has 128 valence electrons. The SMILES string of the molecule is CC(=O)SCC(=Cc1ncccc1C=O)B1OC(C)(C)C(C)(C)O1. The first-order chi connectivity index (χ1) is 11.2. The Balaban J connectivity index is 2.37. The van der Waals surface area contributed by atoms with Gasteiger partial charge >= 0.3 is 7.12 Å². The first-order valence-electron chi connectivity index (χ1n) is 7.76. The fourth-order valence-electron chi connectivity index (χ4n) is 2.18. The van der Waals surface area contributed by atoms with E-state index in [4.69, 9.17) is 9.31 Å². The van der Waals surface area contributed by atoms with Crippen LogP contribution in [-0.4, -0.2) is 40.5 Å². The van der Waals surface area contributed by atoms with Crippen molar-refractivity contribution >= 4 is 36.4 Å². The second kappa shape index (κ2) is 7.21. The average molecular weight is 347 g/mol. The maximum atomic E-state index is 11.4. The van der Waals surface area contributed by atoms with Gasteiger partial charge in [0.15, 0.2) is 11.4 Å². The summed E-state index contributed by atoms with van der Waals surface area (Å²) in [6.07, 6.45) is 4.17. The Hall–Kier alpha value is -1.44. The zero-order valence-corrected chi connectivity index (χ0v) is 15.5. The van der Waals surface area contributed by atoms with Gasteiger partial charge in [0.05, 0.1) is 16.9 Å². The third-order valence-electron chi connectivity index (χ3n) is 4.32. The zero-order valence-electron chi connectivity index (χ0n) is 14.7. The van der Waals surface area contributed by atoms with Crippen molar-refractivity contribution in [3.63, 3.8) is 0 Å². The molecule has 1 aromatic heterocycles. The highest BCUT2D eigenvalue weighted by Crippen LogP contribution is 2.39. The standard InChI is InChI=1S/C17H22BNO4S/c1-12(21)24-11-14(9-15-13(10-20)7-6-8-19-15)18-22-16(2,3)17(4,5)23-18/h6-10H,11H2,1-5H3. The maximum Gasteiger partial charge on any atom is 0.491 e. The molecule has 0 aliphatic carbocycles. The Morgan fingerprint density at radius 2 is 1.92 bits per heavy atom. The molecule has 0 radical (unpaired) electrons. The largest absolute Gasteiger partial charge is 0.491 e. The predicted molar refractivity (Wildman–Crippen MR) is 96.8 cm³/mol. The summed E-state index contributed by atoms with van der Waals surface area (Å²) in [5, 5.41) is 0.00838. The van der Waals surface area contributed by atoms with Crippen LogP contribution in [0.2, 0.25) is 0 Å². The summed E-state index contributed by atoms with van der Waals surface area (Å²) >= 11 is 1.18. The van der Waals surface area contributed by atoms with Crippen molar-refractivity contribution in [3.8, 4) is 0 Å². The summed E-state index contributed by atoms with van der Waals surface area (Å²) in [4.78, 5) is 26.8. The van der Waals surface area contributed by atoms with E-state index in [2.05, 4.69) is 4.98 Å². The monoisotopic (exact) mass is 347 g/mol. The van der Waals surface area contributed by atoms with Crippen molar-refractivity contribution in [3.05, 3.63) is 35.1 Å². The van der Waals surface area contributed by atoms with Crippen molar-refractivity contribution < 1.29 is 18.9 Å². The van der Waals surface area contributed by atoms with Crippen LogP contribution in [0, 0.1) is 0 Å². The highest BCUT2D eigenvalue weighted by molar-refractivity contribution is 8.13. The maximum absolute atomic E-state index is 11.4. The summed E-state index contributed by atoms with van der Waals surface area (Å²) in [5.74, 6) is 0.418. The molecule has 0 atom stereocenters.